The number of nitrogens with one attached hydrogen (secondary N) is 1. The minimum Gasteiger partial charge on any atom is -0.385 e. The summed E-state index contributed by atoms with van der Waals surface area (Å²) >= 11 is 0. The van der Waals surface area contributed by atoms with Crippen LogP contribution in [0.2, 0.25) is 0 Å². The minimum atomic E-state index is 0.0361. The second-order valence-corrected chi connectivity index (χ2v) is 4.90. The van der Waals surface area contributed by atoms with E-state index in [0.29, 0.717) is 0 Å². The Bertz CT molecular complexity index is 481. The summed E-state index contributed by atoms with van der Waals surface area (Å²) in [4.78, 5) is 14.6. The van der Waals surface area contributed by atoms with Gasteiger partial charge in [0, 0.05) is 25.3 Å². The standard InChI is InChI=1S/C15H18N2O/c18-15(17-10-4-1-5-11-17)13-8-9-16-14-7-3-2-6-12(13)14/h1-4,6-7,13,16H,5,8-11H2. The van der Waals surface area contributed by atoms with Gasteiger partial charge in [0.2, 0.25) is 5.91 Å². The Morgan fingerprint density at radius 2 is 2.17 bits per heavy atom. The molecule has 0 saturated heterocycles. The van der Waals surface area contributed by atoms with Crippen LogP contribution in [-0.4, -0.2) is 30.4 Å². The maximum atomic E-state index is 12.6. The Kier molecular flexibility index (Phi) is 3.05. The van der Waals surface area contributed by atoms with Gasteiger partial charge in [-0.2, -0.15) is 0 Å². The molecule has 1 unspecified atom stereocenters. The third-order valence-corrected chi connectivity index (χ3v) is 3.75. The van der Waals surface area contributed by atoms with Crippen LogP contribution in [0.3, 0.4) is 0 Å². The molecule has 2 heterocycles. The maximum Gasteiger partial charge on any atom is 0.230 e. The van der Waals surface area contributed by atoms with Gasteiger partial charge in [-0.25, -0.2) is 0 Å². The van der Waals surface area contributed by atoms with Crippen molar-refractivity contribution in [2.24, 2.45) is 0 Å². The van der Waals surface area contributed by atoms with Gasteiger partial charge in [-0.3, -0.25) is 4.79 Å². The topological polar surface area (TPSA) is 32.3 Å². The molecule has 3 nitrogen and oxygen atoms in total. The number of rotatable bonds is 1. The number of hydrogen-bond donors (Lipinski definition) is 1. The van der Waals surface area contributed by atoms with E-state index >= 15 is 0 Å². The van der Waals surface area contributed by atoms with E-state index in [1.54, 1.807) is 0 Å². The van der Waals surface area contributed by atoms with Crippen LogP contribution >= 0.6 is 0 Å². The molecule has 18 heavy (non-hydrogen) atoms. The molecule has 94 valence electrons. The second kappa shape index (κ2) is 4.84. The Hall–Kier alpha value is -1.77. The van der Waals surface area contributed by atoms with Gasteiger partial charge in [-0.1, -0.05) is 30.4 Å². The first kappa shape index (κ1) is 11.3. The number of carbonyl (C=O) groups excluding carboxylic acids is 1. The van der Waals surface area contributed by atoms with Gasteiger partial charge in [-0.15, -0.1) is 0 Å². The van der Waals surface area contributed by atoms with Crippen LogP contribution in [0.25, 0.3) is 0 Å². The highest BCUT2D eigenvalue weighted by atomic mass is 16.2. The number of amides is 1. The lowest BCUT2D eigenvalue weighted by atomic mass is 9.89. The molecule has 1 aromatic rings. The van der Waals surface area contributed by atoms with Crippen LogP contribution in [0, 0.1) is 0 Å². The van der Waals surface area contributed by atoms with Crippen LogP contribution in [0.4, 0.5) is 5.69 Å². The van der Waals surface area contributed by atoms with E-state index in [1.165, 1.54) is 0 Å². The van der Waals surface area contributed by atoms with Crippen molar-refractivity contribution in [1.82, 2.24) is 4.90 Å². The zero-order valence-electron chi connectivity index (χ0n) is 10.4. The quantitative estimate of drug-likeness (QED) is 0.767. The third kappa shape index (κ3) is 2.01. The Balaban J connectivity index is 1.85. The average molecular weight is 242 g/mol. The zero-order chi connectivity index (χ0) is 12.4. The summed E-state index contributed by atoms with van der Waals surface area (Å²) in [6.45, 7) is 2.52. The summed E-state index contributed by atoms with van der Waals surface area (Å²) in [5.74, 6) is 0.322. The van der Waals surface area contributed by atoms with Crippen molar-refractivity contribution < 1.29 is 4.79 Å². The summed E-state index contributed by atoms with van der Waals surface area (Å²) in [5.41, 5.74) is 2.28. The lowest BCUT2D eigenvalue weighted by Crippen LogP contribution is -2.39. The fourth-order valence-corrected chi connectivity index (χ4v) is 2.79. The first-order valence-electron chi connectivity index (χ1n) is 6.63. The van der Waals surface area contributed by atoms with Crippen molar-refractivity contribution in [2.75, 3.05) is 25.0 Å². The number of carbonyl (C=O) groups is 1. The summed E-state index contributed by atoms with van der Waals surface area (Å²) in [5, 5.41) is 3.37. The number of benzene rings is 1. The first-order chi connectivity index (χ1) is 8.86. The molecule has 1 amide bonds. The predicted octanol–water partition coefficient (Wildman–Crippen LogP) is 2.37. The molecular weight excluding hydrogens is 224 g/mol. The molecule has 1 atom stereocenters. The highest BCUT2D eigenvalue weighted by Crippen LogP contribution is 2.32. The van der Waals surface area contributed by atoms with E-state index in [9.17, 15) is 4.79 Å². The molecule has 3 rings (SSSR count). The number of fused-ring (bicyclic) bond motifs is 1. The summed E-state index contributed by atoms with van der Waals surface area (Å²) in [6.07, 6.45) is 6.13. The van der Waals surface area contributed by atoms with Gasteiger partial charge in [0.1, 0.15) is 0 Å². The summed E-state index contributed by atoms with van der Waals surface area (Å²) in [7, 11) is 0. The number of para-hydroxylation sites is 1. The normalized spacial score (nSPS) is 22.2. The molecule has 1 aromatic carbocycles. The zero-order valence-corrected chi connectivity index (χ0v) is 10.4. The Morgan fingerprint density at radius 3 is 3.00 bits per heavy atom. The molecule has 0 spiro atoms. The molecule has 0 fully saturated rings. The minimum absolute atomic E-state index is 0.0361. The van der Waals surface area contributed by atoms with Crippen LogP contribution in [0.1, 0.15) is 24.3 Å². The van der Waals surface area contributed by atoms with Gasteiger partial charge >= 0.3 is 0 Å². The smallest absolute Gasteiger partial charge is 0.230 e. The van der Waals surface area contributed by atoms with Crippen LogP contribution in [0.5, 0.6) is 0 Å². The predicted molar refractivity (Wildman–Crippen MR) is 72.6 cm³/mol. The Labute approximate surface area is 107 Å². The van der Waals surface area contributed by atoms with Crippen molar-refractivity contribution in [3.63, 3.8) is 0 Å². The molecule has 2 aliphatic rings. The second-order valence-electron chi connectivity index (χ2n) is 4.90. The molecule has 0 aliphatic carbocycles. The molecule has 0 bridgehead atoms. The molecule has 2 aliphatic heterocycles. The van der Waals surface area contributed by atoms with E-state index < -0.39 is 0 Å². The average Bonchev–Trinajstić information content (AvgIpc) is 2.47. The molecule has 1 N–H and O–H groups in total. The fourth-order valence-electron chi connectivity index (χ4n) is 2.79. The lowest BCUT2D eigenvalue weighted by Gasteiger charge is -2.31. The van der Waals surface area contributed by atoms with Crippen LogP contribution in [-0.2, 0) is 4.79 Å². The van der Waals surface area contributed by atoms with Crippen molar-refractivity contribution in [3.05, 3.63) is 42.0 Å². The molecule has 3 heteroatoms. The molecule has 0 radical (unpaired) electrons. The summed E-state index contributed by atoms with van der Waals surface area (Å²) in [6, 6.07) is 8.17. The fraction of sp³-hybridized carbons (Fsp3) is 0.400. The molecule has 0 saturated carbocycles. The van der Waals surface area contributed by atoms with E-state index in [-0.39, 0.29) is 11.8 Å². The van der Waals surface area contributed by atoms with Crippen LogP contribution < -0.4 is 5.32 Å². The van der Waals surface area contributed by atoms with Crippen molar-refractivity contribution in [3.8, 4) is 0 Å². The van der Waals surface area contributed by atoms with Gasteiger partial charge < -0.3 is 10.2 Å². The van der Waals surface area contributed by atoms with Crippen LogP contribution in [0.15, 0.2) is 36.4 Å². The van der Waals surface area contributed by atoms with Gasteiger partial charge in [-0.05, 0) is 24.5 Å². The van der Waals surface area contributed by atoms with E-state index in [4.69, 9.17) is 0 Å². The van der Waals surface area contributed by atoms with Crippen molar-refractivity contribution in [1.29, 1.82) is 0 Å². The van der Waals surface area contributed by atoms with Crippen molar-refractivity contribution >= 4 is 11.6 Å². The first-order valence-corrected chi connectivity index (χ1v) is 6.63. The Morgan fingerprint density at radius 1 is 1.28 bits per heavy atom. The number of anilines is 1. The monoisotopic (exact) mass is 242 g/mol. The van der Waals surface area contributed by atoms with E-state index in [1.807, 2.05) is 17.0 Å². The van der Waals surface area contributed by atoms with Gasteiger partial charge in [0.15, 0.2) is 0 Å². The number of hydrogen-bond acceptors (Lipinski definition) is 2. The maximum absolute atomic E-state index is 12.6. The van der Waals surface area contributed by atoms with Crippen molar-refractivity contribution in [2.45, 2.75) is 18.8 Å². The summed E-state index contributed by atoms with van der Waals surface area (Å²) < 4.78 is 0. The van der Waals surface area contributed by atoms with E-state index in [2.05, 4.69) is 29.6 Å². The largest absolute Gasteiger partial charge is 0.385 e. The number of nitrogens with zero attached hydrogens (tertiary/aromatic N) is 1. The molecule has 0 aromatic heterocycles. The van der Waals surface area contributed by atoms with E-state index in [0.717, 1.165) is 43.7 Å². The lowest BCUT2D eigenvalue weighted by molar-refractivity contribution is -0.132. The third-order valence-electron chi connectivity index (χ3n) is 3.75. The molecular formula is C15H18N2O. The van der Waals surface area contributed by atoms with Gasteiger partial charge in [0.05, 0.1) is 5.92 Å². The van der Waals surface area contributed by atoms with Gasteiger partial charge in [0.25, 0.3) is 0 Å². The SMILES string of the molecule is O=C(C1CCNc2ccccc21)N1CC=CCC1. The highest BCUT2D eigenvalue weighted by molar-refractivity contribution is 5.86. The highest BCUT2D eigenvalue weighted by Gasteiger charge is 2.29.